The van der Waals surface area contributed by atoms with E-state index in [-0.39, 0.29) is 24.8 Å². The van der Waals surface area contributed by atoms with Crippen LogP contribution >= 0.6 is 0 Å². The first kappa shape index (κ1) is 18.2. The first-order valence-corrected chi connectivity index (χ1v) is 7.97. The number of pyridine rings is 1. The zero-order valence-electron chi connectivity index (χ0n) is 14.0. The van der Waals surface area contributed by atoms with Crippen LogP contribution in [0.4, 0.5) is 10.6 Å². The van der Waals surface area contributed by atoms with Crippen LogP contribution in [0.1, 0.15) is 25.3 Å². The topological polar surface area (TPSA) is 126 Å². The Labute approximate surface area is 145 Å². The number of fused-ring (bicyclic) bond motifs is 1. The number of primary amides is 1. The van der Waals surface area contributed by atoms with Crippen molar-refractivity contribution in [1.82, 2.24) is 15.6 Å². The average molecular weight is 343 g/mol. The second-order valence-corrected chi connectivity index (χ2v) is 5.44. The molecule has 0 fully saturated rings. The van der Waals surface area contributed by atoms with Crippen LogP contribution in [0.15, 0.2) is 30.5 Å². The second kappa shape index (κ2) is 8.62. The van der Waals surface area contributed by atoms with E-state index in [0.29, 0.717) is 18.9 Å². The molecule has 1 aromatic heterocycles. The molecule has 0 aliphatic rings. The fraction of sp³-hybridized carbons (Fsp3) is 0.294. The number of anilines is 1. The fourth-order valence-electron chi connectivity index (χ4n) is 2.30. The quantitative estimate of drug-likeness (QED) is 0.603. The van der Waals surface area contributed by atoms with Gasteiger partial charge in [-0.15, -0.1) is 0 Å². The molecule has 0 saturated heterocycles. The molecule has 8 nitrogen and oxygen atoms in total. The Hall–Kier alpha value is -3.16. The maximum Gasteiger partial charge on any atom is 0.320 e. The molecule has 2 aromatic rings. The third kappa shape index (κ3) is 5.45. The number of carbonyl (C=O) groups is 3. The molecule has 0 radical (unpaired) electrons. The number of rotatable bonds is 7. The minimum atomic E-state index is -0.503. The van der Waals surface area contributed by atoms with Gasteiger partial charge in [0.25, 0.3) is 0 Å². The van der Waals surface area contributed by atoms with Crippen LogP contribution in [0.3, 0.4) is 0 Å². The van der Waals surface area contributed by atoms with Crippen LogP contribution in [-0.4, -0.2) is 29.4 Å². The zero-order valence-corrected chi connectivity index (χ0v) is 14.0. The van der Waals surface area contributed by atoms with Crippen molar-refractivity contribution in [2.24, 2.45) is 5.73 Å². The predicted octanol–water partition coefficient (Wildman–Crippen LogP) is 1.26. The molecular weight excluding hydrogens is 322 g/mol. The Morgan fingerprint density at radius 3 is 2.68 bits per heavy atom. The van der Waals surface area contributed by atoms with Crippen LogP contribution in [0, 0.1) is 0 Å². The number of nitrogens with two attached hydrogens (primary N) is 1. The smallest absolute Gasteiger partial charge is 0.320 e. The average Bonchev–Trinajstić information content (AvgIpc) is 2.58. The fourth-order valence-corrected chi connectivity index (χ4v) is 2.30. The SMILES string of the molecule is CCNC(=O)Nc1cc2cccc(CNC(=O)CCC(N)=O)c2cn1. The molecule has 1 heterocycles. The molecule has 0 bridgehead atoms. The van der Waals surface area contributed by atoms with E-state index < -0.39 is 5.91 Å². The highest BCUT2D eigenvalue weighted by molar-refractivity contribution is 5.92. The lowest BCUT2D eigenvalue weighted by Crippen LogP contribution is -2.28. The van der Waals surface area contributed by atoms with Crippen molar-refractivity contribution >= 4 is 34.4 Å². The lowest BCUT2D eigenvalue weighted by molar-refractivity contribution is -0.125. The maximum atomic E-state index is 11.7. The summed E-state index contributed by atoms with van der Waals surface area (Å²) >= 11 is 0. The molecule has 0 saturated carbocycles. The van der Waals surface area contributed by atoms with E-state index in [1.807, 2.05) is 25.1 Å². The van der Waals surface area contributed by atoms with E-state index in [1.54, 1.807) is 12.3 Å². The van der Waals surface area contributed by atoms with Crippen LogP contribution < -0.4 is 21.7 Å². The van der Waals surface area contributed by atoms with E-state index >= 15 is 0 Å². The summed E-state index contributed by atoms with van der Waals surface area (Å²) in [4.78, 5) is 38.2. The van der Waals surface area contributed by atoms with Gasteiger partial charge in [0.2, 0.25) is 11.8 Å². The van der Waals surface area contributed by atoms with Gasteiger partial charge in [0.1, 0.15) is 5.82 Å². The number of benzene rings is 1. The first-order valence-electron chi connectivity index (χ1n) is 7.97. The van der Waals surface area contributed by atoms with Gasteiger partial charge < -0.3 is 16.4 Å². The molecule has 0 atom stereocenters. The van der Waals surface area contributed by atoms with Crippen molar-refractivity contribution in [2.75, 3.05) is 11.9 Å². The van der Waals surface area contributed by atoms with Gasteiger partial charge in [-0.2, -0.15) is 0 Å². The number of carbonyl (C=O) groups excluding carboxylic acids is 3. The highest BCUT2D eigenvalue weighted by Crippen LogP contribution is 2.20. The summed E-state index contributed by atoms with van der Waals surface area (Å²) in [5.41, 5.74) is 5.92. The number of nitrogens with one attached hydrogen (secondary N) is 3. The highest BCUT2D eigenvalue weighted by Gasteiger charge is 2.08. The molecule has 4 amide bonds. The summed E-state index contributed by atoms with van der Waals surface area (Å²) in [6.45, 7) is 2.68. The van der Waals surface area contributed by atoms with Gasteiger partial charge in [0.15, 0.2) is 0 Å². The van der Waals surface area contributed by atoms with Crippen LogP contribution in [0.25, 0.3) is 10.8 Å². The lowest BCUT2D eigenvalue weighted by atomic mass is 10.1. The van der Waals surface area contributed by atoms with E-state index in [4.69, 9.17) is 5.73 Å². The number of nitrogens with zero attached hydrogens (tertiary/aromatic N) is 1. The predicted molar refractivity (Wildman–Crippen MR) is 94.7 cm³/mol. The second-order valence-electron chi connectivity index (χ2n) is 5.44. The molecule has 0 spiro atoms. The van der Waals surface area contributed by atoms with Crippen molar-refractivity contribution in [3.8, 4) is 0 Å². The van der Waals surface area contributed by atoms with Crippen molar-refractivity contribution in [3.63, 3.8) is 0 Å². The van der Waals surface area contributed by atoms with Gasteiger partial charge in [-0.05, 0) is 23.9 Å². The Morgan fingerprint density at radius 1 is 1.16 bits per heavy atom. The van der Waals surface area contributed by atoms with Gasteiger partial charge in [-0.3, -0.25) is 14.9 Å². The Morgan fingerprint density at radius 2 is 1.96 bits per heavy atom. The number of urea groups is 1. The third-order valence-electron chi connectivity index (χ3n) is 3.51. The van der Waals surface area contributed by atoms with E-state index in [2.05, 4.69) is 20.9 Å². The summed E-state index contributed by atoms with van der Waals surface area (Å²) in [5, 5.41) is 9.82. The summed E-state index contributed by atoms with van der Waals surface area (Å²) < 4.78 is 0. The van der Waals surface area contributed by atoms with Crippen molar-refractivity contribution in [3.05, 3.63) is 36.0 Å². The minimum Gasteiger partial charge on any atom is -0.370 e. The third-order valence-corrected chi connectivity index (χ3v) is 3.51. The van der Waals surface area contributed by atoms with Crippen LogP contribution in [-0.2, 0) is 16.1 Å². The van der Waals surface area contributed by atoms with E-state index in [1.165, 1.54) is 0 Å². The van der Waals surface area contributed by atoms with Crippen LogP contribution in [0.5, 0.6) is 0 Å². The number of hydrogen-bond acceptors (Lipinski definition) is 4. The highest BCUT2D eigenvalue weighted by atomic mass is 16.2. The first-order chi connectivity index (χ1) is 12.0. The van der Waals surface area contributed by atoms with Gasteiger partial charge in [0, 0.05) is 37.5 Å². The van der Waals surface area contributed by atoms with Crippen molar-refractivity contribution < 1.29 is 14.4 Å². The Bertz CT molecular complexity index is 791. The molecule has 0 aliphatic carbocycles. The van der Waals surface area contributed by atoms with Gasteiger partial charge in [-0.1, -0.05) is 18.2 Å². The lowest BCUT2D eigenvalue weighted by Gasteiger charge is -2.10. The molecule has 25 heavy (non-hydrogen) atoms. The monoisotopic (exact) mass is 343 g/mol. The van der Waals surface area contributed by atoms with Crippen LogP contribution in [0.2, 0.25) is 0 Å². The zero-order chi connectivity index (χ0) is 18.2. The molecule has 1 aromatic carbocycles. The molecule has 132 valence electrons. The molecule has 5 N–H and O–H groups in total. The van der Waals surface area contributed by atoms with Gasteiger partial charge in [-0.25, -0.2) is 9.78 Å². The summed E-state index contributed by atoms with van der Waals surface area (Å²) in [5.74, 6) is -0.295. The molecular formula is C17H21N5O3. The molecule has 0 aliphatic heterocycles. The largest absolute Gasteiger partial charge is 0.370 e. The Kier molecular flexibility index (Phi) is 6.27. The Balaban J connectivity index is 2.07. The summed E-state index contributed by atoms with van der Waals surface area (Å²) in [6.07, 6.45) is 1.75. The number of aromatic nitrogens is 1. The summed E-state index contributed by atoms with van der Waals surface area (Å²) in [6, 6.07) is 7.10. The number of amides is 4. The molecule has 2 rings (SSSR count). The van der Waals surface area contributed by atoms with Gasteiger partial charge >= 0.3 is 6.03 Å². The van der Waals surface area contributed by atoms with Gasteiger partial charge in [0.05, 0.1) is 0 Å². The maximum absolute atomic E-state index is 11.7. The minimum absolute atomic E-state index is 0.0256. The standard InChI is InChI=1S/C17H21N5O3/c1-2-19-17(25)22-15-8-11-4-3-5-12(13(11)10-20-15)9-21-16(24)7-6-14(18)23/h3-5,8,10H,2,6-7,9H2,1H3,(H2,18,23)(H,21,24)(H2,19,20,22,25). The molecule has 8 heteroatoms. The van der Waals surface area contributed by atoms with Crippen molar-refractivity contribution in [1.29, 1.82) is 0 Å². The summed E-state index contributed by atoms with van der Waals surface area (Å²) in [7, 11) is 0. The normalized spacial score (nSPS) is 10.3. The number of hydrogen-bond donors (Lipinski definition) is 4. The van der Waals surface area contributed by atoms with Crippen molar-refractivity contribution in [2.45, 2.75) is 26.3 Å². The molecule has 0 unspecified atom stereocenters. The van der Waals surface area contributed by atoms with E-state index in [0.717, 1.165) is 16.3 Å². The van der Waals surface area contributed by atoms with E-state index in [9.17, 15) is 14.4 Å².